The van der Waals surface area contributed by atoms with Crippen LogP contribution in [-0.4, -0.2) is 29.8 Å². The maximum atomic E-state index is 11.2. The third-order valence-electron chi connectivity index (χ3n) is 1.34. The van der Waals surface area contributed by atoms with E-state index in [1.165, 1.54) is 0 Å². The van der Waals surface area contributed by atoms with E-state index in [4.69, 9.17) is 4.74 Å². The quantitative estimate of drug-likeness (QED) is 0.500. The maximum absolute atomic E-state index is 11.2. The van der Waals surface area contributed by atoms with E-state index < -0.39 is 0 Å². The van der Waals surface area contributed by atoms with Crippen molar-refractivity contribution < 1.29 is 9.53 Å². The molecule has 0 rings (SSSR count). The molecule has 0 spiro atoms. The topological polar surface area (TPSA) is 26.3 Å². The van der Waals surface area contributed by atoms with Crippen molar-refractivity contribution in [2.24, 2.45) is 0 Å². The molecule has 14 heavy (non-hydrogen) atoms. The van der Waals surface area contributed by atoms with Gasteiger partial charge in [0.1, 0.15) is 0 Å². The van der Waals surface area contributed by atoms with E-state index in [1.807, 2.05) is 18.7 Å². The summed E-state index contributed by atoms with van der Waals surface area (Å²) in [5, 5.41) is 0. The monoisotopic (exact) mass is 234 g/mol. The predicted molar refractivity (Wildman–Crippen MR) is 65.8 cm³/mol. The molecular formula is C10H18O2S2. The summed E-state index contributed by atoms with van der Waals surface area (Å²) in [5.74, 6) is 2.76. The smallest absolute Gasteiger partial charge is 0.331 e. The Morgan fingerprint density at radius 1 is 1.29 bits per heavy atom. The van der Waals surface area contributed by atoms with Gasteiger partial charge in [-0.3, -0.25) is 0 Å². The van der Waals surface area contributed by atoms with Gasteiger partial charge in [0.05, 0.1) is 6.61 Å². The molecule has 82 valence electrons. The van der Waals surface area contributed by atoms with E-state index in [9.17, 15) is 4.79 Å². The molecule has 0 aromatic rings. The van der Waals surface area contributed by atoms with E-state index in [0.717, 1.165) is 22.2 Å². The van der Waals surface area contributed by atoms with Crippen LogP contribution in [0.4, 0.5) is 0 Å². The van der Waals surface area contributed by atoms with Gasteiger partial charge in [0, 0.05) is 16.7 Å². The lowest BCUT2D eigenvalue weighted by Crippen LogP contribution is -2.01. The Hall–Kier alpha value is -0.0900. The molecule has 0 radical (unpaired) electrons. The van der Waals surface area contributed by atoms with Crippen molar-refractivity contribution in [2.45, 2.75) is 20.8 Å². The summed E-state index contributed by atoms with van der Waals surface area (Å²) in [4.78, 5) is 12.3. The summed E-state index contributed by atoms with van der Waals surface area (Å²) in [5.41, 5.74) is 0. The summed E-state index contributed by atoms with van der Waals surface area (Å²) >= 11 is 3.53. The predicted octanol–water partition coefficient (Wildman–Crippen LogP) is 2.94. The standard InChI is InChI=1S/C10H18O2S2/c1-4-12-10(11)7-9(14-6-3)8-13-5-2/h7H,4-6,8H2,1-3H3/b9-7+. The molecule has 0 bridgehead atoms. The van der Waals surface area contributed by atoms with E-state index in [0.29, 0.717) is 6.61 Å². The van der Waals surface area contributed by atoms with Crippen molar-refractivity contribution in [1.82, 2.24) is 0 Å². The zero-order valence-corrected chi connectivity index (χ0v) is 10.7. The average molecular weight is 234 g/mol. The number of rotatable bonds is 7. The molecule has 0 saturated carbocycles. The van der Waals surface area contributed by atoms with Crippen LogP contribution in [0.15, 0.2) is 11.0 Å². The van der Waals surface area contributed by atoms with Gasteiger partial charge in [0.2, 0.25) is 0 Å². The number of ether oxygens (including phenoxy) is 1. The molecule has 2 nitrogen and oxygen atoms in total. The number of hydrogen-bond acceptors (Lipinski definition) is 4. The molecule has 4 heteroatoms. The third kappa shape index (κ3) is 7.33. The van der Waals surface area contributed by atoms with Crippen LogP contribution in [0.2, 0.25) is 0 Å². The second kappa shape index (κ2) is 9.46. The van der Waals surface area contributed by atoms with Crippen LogP contribution in [0.25, 0.3) is 0 Å². The molecule has 0 unspecified atom stereocenters. The number of esters is 1. The van der Waals surface area contributed by atoms with Gasteiger partial charge in [0.25, 0.3) is 0 Å². The van der Waals surface area contributed by atoms with Crippen LogP contribution < -0.4 is 0 Å². The lowest BCUT2D eigenvalue weighted by atomic mass is 10.5. The molecule has 0 aromatic heterocycles. The molecule has 0 atom stereocenters. The van der Waals surface area contributed by atoms with Crippen molar-refractivity contribution in [2.75, 3.05) is 23.9 Å². The molecule has 0 fully saturated rings. The van der Waals surface area contributed by atoms with E-state index in [-0.39, 0.29) is 5.97 Å². The number of thioether (sulfide) groups is 2. The Bertz CT molecular complexity index is 191. The Morgan fingerprint density at radius 2 is 2.00 bits per heavy atom. The first kappa shape index (κ1) is 13.9. The molecule has 0 aliphatic carbocycles. The summed E-state index contributed by atoms with van der Waals surface area (Å²) in [6, 6.07) is 0. The van der Waals surface area contributed by atoms with Gasteiger partial charge in [-0.15, -0.1) is 11.8 Å². The first-order chi connectivity index (χ1) is 6.74. The highest BCUT2D eigenvalue weighted by atomic mass is 32.2. The van der Waals surface area contributed by atoms with Crippen molar-refractivity contribution in [3.63, 3.8) is 0 Å². The summed E-state index contributed by atoms with van der Waals surface area (Å²) in [6.45, 7) is 6.46. The second-order valence-corrected chi connectivity index (χ2v) is 5.10. The minimum atomic E-state index is -0.222. The highest BCUT2D eigenvalue weighted by molar-refractivity contribution is 8.05. The van der Waals surface area contributed by atoms with Crippen molar-refractivity contribution in [1.29, 1.82) is 0 Å². The minimum absolute atomic E-state index is 0.222. The summed E-state index contributed by atoms with van der Waals surface area (Å²) in [7, 11) is 0. The Labute approximate surface area is 94.9 Å². The van der Waals surface area contributed by atoms with E-state index >= 15 is 0 Å². The second-order valence-electron chi connectivity index (χ2n) is 2.43. The number of carbonyl (C=O) groups is 1. The first-order valence-electron chi connectivity index (χ1n) is 4.82. The van der Waals surface area contributed by atoms with E-state index in [2.05, 4.69) is 13.8 Å². The molecule has 0 aliphatic rings. The molecular weight excluding hydrogens is 216 g/mol. The van der Waals surface area contributed by atoms with Crippen molar-refractivity contribution >= 4 is 29.5 Å². The number of carbonyl (C=O) groups excluding carboxylic acids is 1. The van der Waals surface area contributed by atoms with Gasteiger partial charge >= 0.3 is 5.97 Å². The average Bonchev–Trinajstić information content (AvgIpc) is 2.15. The van der Waals surface area contributed by atoms with Crippen LogP contribution in [0.5, 0.6) is 0 Å². The number of hydrogen-bond donors (Lipinski definition) is 0. The third-order valence-corrected chi connectivity index (χ3v) is 3.37. The molecule has 0 aliphatic heterocycles. The normalized spacial score (nSPS) is 11.5. The Balaban J connectivity index is 4.08. The largest absolute Gasteiger partial charge is 0.463 e. The maximum Gasteiger partial charge on any atom is 0.331 e. The fourth-order valence-electron chi connectivity index (χ4n) is 0.828. The van der Waals surface area contributed by atoms with Gasteiger partial charge in [-0.2, -0.15) is 11.8 Å². The van der Waals surface area contributed by atoms with E-state index in [1.54, 1.807) is 17.8 Å². The fourth-order valence-corrected chi connectivity index (χ4v) is 2.45. The first-order valence-corrected chi connectivity index (χ1v) is 6.96. The summed E-state index contributed by atoms with van der Waals surface area (Å²) in [6.07, 6.45) is 1.61. The Morgan fingerprint density at radius 3 is 2.50 bits per heavy atom. The molecule has 0 saturated heterocycles. The van der Waals surface area contributed by atoms with Crippen LogP contribution in [0.3, 0.4) is 0 Å². The van der Waals surface area contributed by atoms with Gasteiger partial charge < -0.3 is 4.74 Å². The SMILES string of the molecule is CCOC(=O)/C=C(\CSCC)SCC. The lowest BCUT2D eigenvalue weighted by molar-refractivity contribution is -0.137. The molecule has 0 N–H and O–H groups in total. The highest BCUT2D eigenvalue weighted by Gasteiger charge is 2.02. The lowest BCUT2D eigenvalue weighted by Gasteiger charge is -2.04. The van der Waals surface area contributed by atoms with Crippen molar-refractivity contribution in [3.05, 3.63) is 11.0 Å². The molecule has 0 amide bonds. The van der Waals surface area contributed by atoms with Gasteiger partial charge in [-0.1, -0.05) is 13.8 Å². The van der Waals surface area contributed by atoms with Crippen LogP contribution in [-0.2, 0) is 9.53 Å². The van der Waals surface area contributed by atoms with Crippen molar-refractivity contribution in [3.8, 4) is 0 Å². The van der Waals surface area contributed by atoms with Gasteiger partial charge in [0.15, 0.2) is 0 Å². The highest BCUT2D eigenvalue weighted by Crippen LogP contribution is 2.20. The zero-order chi connectivity index (χ0) is 10.8. The Kier molecular flexibility index (Phi) is 9.40. The minimum Gasteiger partial charge on any atom is -0.463 e. The van der Waals surface area contributed by atoms with Crippen LogP contribution in [0, 0.1) is 0 Å². The zero-order valence-electron chi connectivity index (χ0n) is 9.04. The molecule has 0 aromatic carbocycles. The summed E-state index contributed by atoms with van der Waals surface area (Å²) < 4.78 is 4.86. The van der Waals surface area contributed by atoms with Crippen LogP contribution in [0.1, 0.15) is 20.8 Å². The van der Waals surface area contributed by atoms with Gasteiger partial charge in [-0.05, 0) is 18.4 Å². The van der Waals surface area contributed by atoms with Crippen LogP contribution >= 0.6 is 23.5 Å². The van der Waals surface area contributed by atoms with Gasteiger partial charge in [-0.25, -0.2) is 4.79 Å². The fraction of sp³-hybridized carbons (Fsp3) is 0.700. The molecule has 0 heterocycles.